The van der Waals surface area contributed by atoms with Gasteiger partial charge in [0, 0.05) is 5.92 Å². The SMILES string of the molecule is FC(F)(F)c1cc(C2ON=C3CCCC32)cc(C(F)(F)F)c1. The summed E-state index contributed by atoms with van der Waals surface area (Å²) >= 11 is 0. The van der Waals surface area contributed by atoms with Gasteiger partial charge in [0.05, 0.1) is 16.8 Å². The number of fused-ring (bicyclic) bond motifs is 1. The molecule has 1 fully saturated rings. The molecule has 1 aliphatic carbocycles. The topological polar surface area (TPSA) is 21.6 Å². The number of alkyl halides is 6. The maximum Gasteiger partial charge on any atom is 0.416 e. The van der Waals surface area contributed by atoms with E-state index in [1.54, 1.807) is 0 Å². The number of oxime groups is 1. The zero-order valence-corrected chi connectivity index (χ0v) is 11.1. The average Bonchev–Trinajstić information content (AvgIpc) is 2.98. The minimum absolute atomic E-state index is 0.120. The van der Waals surface area contributed by atoms with Crippen LogP contribution in [0.1, 0.15) is 42.1 Å². The van der Waals surface area contributed by atoms with Crippen LogP contribution in [0.5, 0.6) is 0 Å². The van der Waals surface area contributed by atoms with Gasteiger partial charge in [0.15, 0.2) is 6.10 Å². The molecule has 2 unspecified atom stereocenters. The predicted octanol–water partition coefficient (Wildman–Crippen LogP) is 4.95. The minimum atomic E-state index is -4.85. The molecule has 0 bridgehead atoms. The Kier molecular flexibility index (Phi) is 3.37. The minimum Gasteiger partial charge on any atom is -0.387 e. The highest BCUT2D eigenvalue weighted by Gasteiger charge is 2.42. The van der Waals surface area contributed by atoms with E-state index in [9.17, 15) is 26.3 Å². The molecule has 0 N–H and O–H groups in total. The van der Waals surface area contributed by atoms with Gasteiger partial charge in [0.1, 0.15) is 0 Å². The van der Waals surface area contributed by atoms with E-state index in [0.29, 0.717) is 12.8 Å². The molecule has 3 rings (SSSR count). The number of benzene rings is 1. The Morgan fingerprint density at radius 3 is 2.09 bits per heavy atom. The van der Waals surface area contributed by atoms with Crippen molar-refractivity contribution in [3.63, 3.8) is 0 Å². The fraction of sp³-hybridized carbons (Fsp3) is 0.500. The molecule has 2 atom stereocenters. The summed E-state index contributed by atoms with van der Waals surface area (Å²) in [6.07, 6.45) is -8.44. The van der Waals surface area contributed by atoms with E-state index in [0.717, 1.165) is 24.3 Å². The molecule has 1 aliphatic heterocycles. The van der Waals surface area contributed by atoms with Gasteiger partial charge in [-0.3, -0.25) is 0 Å². The van der Waals surface area contributed by atoms with E-state index in [1.165, 1.54) is 0 Å². The molecule has 1 aromatic rings. The Morgan fingerprint density at radius 1 is 0.955 bits per heavy atom. The highest BCUT2D eigenvalue weighted by molar-refractivity contribution is 5.89. The third kappa shape index (κ3) is 2.66. The summed E-state index contributed by atoms with van der Waals surface area (Å²) in [4.78, 5) is 5.09. The molecule has 1 aromatic carbocycles. The first-order chi connectivity index (χ1) is 10.2. The van der Waals surface area contributed by atoms with Crippen LogP contribution in [0.3, 0.4) is 0 Å². The molecule has 0 amide bonds. The van der Waals surface area contributed by atoms with Crippen molar-refractivity contribution in [2.75, 3.05) is 0 Å². The second-order valence-corrected chi connectivity index (χ2v) is 5.45. The first-order valence-electron chi connectivity index (χ1n) is 6.68. The molecule has 0 radical (unpaired) electrons. The molecule has 2 nitrogen and oxygen atoms in total. The van der Waals surface area contributed by atoms with Crippen LogP contribution in [0.15, 0.2) is 23.4 Å². The predicted molar refractivity (Wildman–Crippen MR) is 65.0 cm³/mol. The van der Waals surface area contributed by atoms with Crippen LogP contribution in [0, 0.1) is 5.92 Å². The van der Waals surface area contributed by atoms with Gasteiger partial charge in [-0.25, -0.2) is 0 Å². The van der Waals surface area contributed by atoms with Crippen LogP contribution in [-0.4, -0.2) is 5.71 Å². The molecule has 1 saturated carbocycles. The van der Waals surface area contributed by atoms with Crippen molar-refractivity contribution in [3.05, 3.63) is 34.9 Å². The fourth-order valence-corrected chi connectivity index (χ4v) is 2.93. The summed E-state index contributed by atoms with van der Waals surface area (Å²) in [6.45, 7) is 0. The molecule has 2 aliphatic rings. The summed E-state index contributed by atoms with van der Waals surface area (Å²) in [7, 11) is 0. The summed E-state index contributed by atoms with van der Waals surface area (Å²) in [6, 6.07) is 1.56. The molecule has 0 saturated heterocycles. The molecule has 22 heavy (non-hydrogen) atoms. The molecule has 1 heterocycles. The van der Waals surface area contributed by atoms with E-state index in [2.05, 4.69) is 5.16 Å². The quantitative estimate of drug-likeness (QED) is 0.670. The third-order valence-corrected chi connectivity index (χ3v) is 3.96. The Hall–Kier alpha value is -1.73. The van der Waals surface area contributed by atoms with Crippen LogP contribution < -0.4 is 0 Å². The lowest BCUT2D eigenvalue weighted by atomic mass is 9.91. The summed E-state index contributed by atoms with van der Waals surface area (Å²) in [5, 5.41) is 3.79. The molecule has 0 spiro atoms. The lowest BCUT2D eigenvalue weighted by molar-refractivity contribution is -0.143. The molecule has 120 valence electrons. The van der Waals surface area contributed by atoms with Gasteiger partial charge >= 0.3 is 12.4 Å². The van der Waals surface area contributed by atoms with Crippen LogP contribution in [0.25, 0.3) is 0 Å². The van der Waals surface area contributed by atoms with Gasteiger partial charge in [-0.15, -0.1) is 0 Å². The van der Waals surface area contributed by atoms with Crippen molar-refractivity contribution in [2.45, 2.75) is 37.7 Å². The van der Waals surface area contributed by atoms with Crippen molar-refractivity contribution in [2.24, 2.45) is 11.1 Å². The zero-order valence-electron chi connectivity index (χ0n) is 11.1. The third-order valence-electron chi connectivity index (χ3n) is 3.96. The van der Waals surface area contributed by atoms with E-state index in [1.807, 2.05) is 0 Å². The molecule has 8 heteroatoms. The van der Waals surface area contributed by atoms with Crippen molar-refractivity contribution in [1.82, 2.24) is 0 Å². The monoisotopic (exact) mass is 323 g/mol. The smallest absolute Gasteiger partial charge is 0.387 e. The number of hydrogen-bond donors (Lipinski definition) is 0. The van der Waals surface area contributed by atoms with Gasteiger partial charge < -0.3 is 4.84 Å². The number of hydrogen-bond acceptors (Lipinski definition) is 2. The Bertz CT molecular complexity index is 586. The van der Waals surface area contributed by atoms with Crippen LogP contribution >= 0.6 is 0 Å². The van der Waals surface area contributed by atoms with Crippen molar-refractivity contribution in [3.8, 4) is 0 Å². The fourth-order valence-electron chi connectivity index (χ4n) is 2.93. The van der Waals surface area contributed by atoms with E-state index < -0.39 is 29.6 Å². The van der Waals surface area contributed by atoms with Crippen LogP contribution in [0.4, 0.5) is 26.3 Å². The lowest BCUT2D eigenvalue weighted by Crippen LogP contribution is -2.16. The van der Waals surface area contributed by atoms with Gasteiger partial charge in [-0.1, -0.05) is 5.16 Å². The van der Waals surface area contributed by atoms with E-state index in [-0.39, 0.29) is 17.5 Å². The maximum absolute atomic E-state index is 12.9. The Balaban J connectivity index is 2.04. The number of rotatable bonds is 1. The summed E-state index contributed by atoms with van der Waals surface area (Å²) < 4.78 is 77.1. The van der Waals surface area contributed by atoms with E-state index >= 15 is 0 Å². The second-order valence-electron chi connectivity index (χ2n) is 5.45. The largest absolute Gasteiger partial charge is 0.416 e. The highest BCUT2D eigenvalue weighted by atomic mass is 19.4. The number of nitrogens with zero attached hydrogens (tertiary/aromatic N) is 1. The second kappa shape index (κ2) is 4.89. The van der Waals surface area contributed by atoms with Gasteiger partial charge in [0.25, 0.3) is 0 Å². The van der Waals surface area contributed by atoms with Gasteiger partial charge in [-0.2, -0.15) is 26.3 Å². The first-order valence-corrected chi connectivity index (χ1v) is 6.68. The molecular weight excluding hydrogens is 312 g/mol. The summed E-state index contributed by atoms with van der Waals surface area (Å²) in [5.41, 5.74) is -2.07. The van der Waals surface area contributed by atoms with Gasteiger partial charge in [-0.05, 0) is 43.0 Å². The van der Waals surface area contributed by atoms with Crippen LogP contribution in [-0.2, 0) is 17.2 Å². The first kappa shape index (κ1) is 15.2. The zero-order chi connectivity index (χ0) is 16.1. The number of halogens is 6. The average molecular weight is 323 g/mol. The van der Waals surface area contributed by atoms with Gasteiger partial charge in [0.2, 0.25) is 0 Å². The Labute approximate surface area is 121 Å². The van der Waals surface area contributed by atoms with E-state index in [4.69, 9.17) is 4.84 Å². The van der Waals surface area contributed by atoms with Crippen molar-refractivity contribution in [1.29, 1.82) is 0 Å². The lowest BCUT2D eigenvalue weighted by Gasteiger charge is -2.19. The normalized spacial score (nSPS) is 24.9. The standard InChI is InChI=1S/C14H11F6NO/c15-13(16,17)8-4-7(5-9(6-8)14(18,19)20)12-10-2-1-3-11(10)21-22-12/h4-6,10,12H,1-3H2. The molecule has 0 aromatic heterocycles. The highest BCUT2D eigenvalue weighted by Crippen LogP contribution is 2.44. The maximum atomic E-state index is 12.9. The van der Waals surface area contributed by atoms with Crippen molar-refractivity contribution >= 4 is 5.71 Å². The van der Waals surface area contributed by atoms with Crippen molar-refractivity contribution < 1.29 is 31.2 Å². The summed E-state index contributed by atoms with van der Waals surface area (Å²) in [5.74, 6) is -0.232. The molecular formula is C14H11F6NO. The van der Waals surface area contributed by atoms with Crippen LogP contribution in [0.2, 0.25) is 0 Å². The Morgan fingerprint density at radius 2 is 1.55 bits per heavy atom.